The van der Waals surface area contributed by atoms with Crippen molar-refractivity contribution >= 4 is 5.78 Å². The van der Waals surface area contributed by atoms with Crippen LogP contribution in [-0.4, -0.2) is 17.9 Å². The first-order chi connectivity index (χ1) is 8.15. The van der Waals surface area contributed by atoms with E-state index in [1.54, 1.807) is 0 Å². The first kappa shape index (κ1) is 11.0. The third-order valence-electron chi connectivity index (χ3n) is 4.43. The molecule has 0 saturated carbocycles. The van der Waals surface area contributed by atoms with Gasteiger partial charge in [0, 0.05) is 23.6 Å². The molecular formula is C15H19NO. The maximum atomic E-state index is 12.5. The van der Waals surface area contributed by atoms with Crippen LogP contribution in [0.5, 0.6) is 0 Å². The summed E-state index contributed by atoms with van der Waals surface area (Å²) in [6.45, 7) is 4.16. The summed E-state index contributed by atoms with van der Waals surface area (Å²) in [6, 6.07) is 7.12. The van der Waals surface area contributed by atoms with Crippen LogP contribution in [0.25, 0.3) is 0 Å². The van der Waals surface area contributed by atoms with E-state index in [1.807, 2.05) is 12.1 Å². The molecule has 3 rings (SSSR count). The van der Waals surface area contributed by atoms with E-state index in [0.717, 1.165) is 12.0 Å². The van der Waals surface area contributed by atoms with Gasteiger partial charge in [0.2, 0.25) is 0 Å². The van der Waals surface area contributed by atoms with Crippen molar-refractivity contribution in [1.29, 1.82) is 0 Å². The molecule has 0 aliphatic carbocycles. The fourth-order valence-electron chi connectivity index (χ4n) is 3.22. The third-order valence-corrected chi connectivity index (χ3v) is 4.43. The molecule has 0 amide bonds. The van der Waals surface area contributed by atoms with Gasteiger partial charge >= 0.3 is 0 Å². The van der Waals surface area contributed by atoms with Crippen LogP contribution in [0, 0.1) is 19.8 Å². The number of aryl methyl sites for hydroxylation is 2. The Balaban J connectivity index is 1.84. The predicted molar refractivity (Wildman–Crippen MR) is 68.3 cm³/mol. The van der Waals surface area contributed by atoms with Crippen molar-refractivity contribution in [3.8, 4) is 0 Å². The fraction of sp³-hybridized carbons (Fsp3) is 0.533. The Labute approximate surface area is 102 Å². The summed E-state index contributed by atoms with van der Waals surface area (Å²) in [5.74, 6) is 0.559. The number of hydrogen-bond acceptors (Lipinski definition) is 2. The van der Waals surface area contributed by atoms with E-state index >= 15 is 0 Å². The molecule has 2 bridgehead atoms. The lowest BCUT2D eigenvalue weighted by molar-refractivity contribution is 0.0901. The SMILES string of the molecule is Cc1ccc(C(=O)C2CC3CCC2N3)cc1C. The van der Waals surface area contributed by atoms with Gasteiger partial charge in [0.05, 0.1) is 0 Å². The van der Waals surface area contributed by atoms with E-state index in [4.69, 9.17) is 0 Å². The van der Waals surface area contributed by atoms with Crippen LogP contribution in [0.1, 0.15) is 40.7 Å². The molecule has 2 aliphatic heterocycles. The molecule has 0 radical (unpaired) electrons. The highest BCUT2D eigenvalue weighted by Gasteiger charge is 2.42. The van der Waals surface area contributed by atoms with E-state index in [2.05, 4.69) is 25.2 Å². The van der Waals surface area contributed by atoms with Gasteiger partial charge < -0.3 is 5.32 Å². The maximum Gasteiger partial charge on any atom is 0.167 e. The number of benzene rings is 1. The zero-order chi connectivity index (χ0) is 12.0. The molecule has 1 N–H and O–H groups in total. The van der Waals surface area contributed by atoms with Gasteiger partial charge in [-0.2, -0.15) is 0 Å². The fourth-order valence-corrected chi connectivity index (χ4v) is 3.22. The first-order valence-electron chi connectivity index (χ1n) is 6.52. The standard InChI is InChI=1S/C15H19NO/c1-9-3-4-11(7-10(9)2)15(17)13-8-12-5-6-14(13)16-12/h3-4,7,12-14,16H,5-6,8H2,1-2H3. The van der Waals surface area contributed by atoms with Crippen molar-refractivity contribution in [2.24, 2.45) is 5.92 Å². The molecule has 2 heteroatoms. The highest BCUT2D eigenvalue weighted by Crippen LogP contribution is 2.35. The Hall–Kier alpha value is -1.15. The van der Waals surface area contributed by atoms with E-state index in [-0.39, 0.29) is 5.92 Å². The Morgan fingerprint density at radius 2 is 2.06 bits per heavy atom. The van der Waals surface area contributed by atoms with Gasteiger partial charge in [-0.1, -0.05) is 12.1 Å². The number of fused-ring (bicyclic) bond motifs is 2. The second-order valence-electron chi connectivity index (χ2n) is 5.55. The lowest BCUT2D eigenvalue weighted by Crippen LogP contribution is -2.28. The molecule has 0 spiro atoms. The van der Waals surface area contributed by atoms with E-state index in [1.165, 1.54) is 24.0 Å². The summed E-state index contributed by atoms with van der Waals surface area (Å²) in [5.41, 5.74) is 3.37. The molecule has 0 aromatic heterocycles. The molecule has 2 aliphatic rings. The summed E-state index contributed by atoms with van der Waals surface area (Å²) in [5, 5.41) is 3.53. The van der Waals surface area contributed by atoms with Crippen molar-refractivity contribution in [2.45, 2.75) is 45.2 Å². The van der Waals surface area contributed by atoms with Crippen LogP contribution in [0.4, 0.5) is 0 Å². The van der Waals surface area contributed by atoms with Crippen LogP contribution in [0.3, 0.4) is 0 Å². The number of carbonyl (C=O) groups excluding carboxylic acids is 1. The molecular weight excluding hydrogens is 210 g/mol. The van der Waals surface area contributed by atoms with Crippen LogP contribution in [0.15, 0.2) is 18.2 Å². The first-order valence-corrected chi connectivity index (χ1v) is 6.52. The average molecular weight is 229 g/mol. The zero-order valence-corrected chi connectivity index (χ0v) is 10.5. The Morgan fingerprint density at radius 1 is 1.24 bits per heavy atom. The summed E-state index contributed by atoms with van der Waals surface area (Å²) < 4.78 is 0. The maximum absolute atomic E-state index is 12.5. The number of hydrogen-bond donors (Lipinski definition) is 1. The van der Waals surface area contributed by atoms with Gasteiger partial charge in [-0.15, -0.1) is 0 Å². The number of rotatable bonds is 2. The minimum absolute atomic E-state index is 0.218. The number of nitrogens with one attached hydrogen (secondary N) is 1. The predicted octanol–water partition coefficient (Wildman–Crippen LogP) is 2.63. The summed E-state index contributed by atoms with van der Waals surface area (Å²) in [7, 11) is 0. The topological polar surface area (TPSA) is 29.1 Å². The highest BCUT2D eigenvalue weighted by atomic mass is 16.1. The van der Waals surface area contributed by atoms with Crippen LogP contribution >= 0.6 is 0 Å². The minimum atomic E-state index is 0.218. The second-order valence-corrected chi connectivity index (χ2v) is 5.55. The molecule has 90 valence electrons. The van der Waals surface area contributed by atoms with Crippen LogP contribution < -0.4 is 5.32 Å². The van der Waals surface area contributed by atoms with E-state index < -0.39 is 0 Å². The van der Waals surface area contributed by atoms with Crippen molar-refractivity contribution < 1.29 is 4.79 Å². The summed E-state index contributed by atoms with van der Waals surface area (Å²) in [6.07, 6.45) is 3.46. The van der Waals surface area contributed by atoms with Crippen molar-refractivity contribution in [2.75, 3.05) is 0 Å². The molecule has 1 aromatic rings. The molecule has 3 atom stereocenters. The van der Waals surface area contributed by atoms with Crippen molar-refractivity contribution in [3.05, 3.63) is 34.9 Å². The molecule has 2 nitrogen and oxygen atoms in total. The monoisotopic (exact) mass is 229 g/mol. The number of ketones is 1. The Bertz CT molecular complexity index is 466. The highest BCUT2D eigenvalue weighted by molar-refractivity contribution is 5.98. The molecule has 2 heterocycles. The normalized spacial score (nSPS) is 30.8. The molecule has 2 saturated heterocycles. The molecule has 1 aromatic carbocycles. The quantitative estimate of drug-likeness (QED) is 0.790. The average Bonchev–Trinajstić information content (AvgIpc) is 2.93. The van der Waals surface area contributed by atoms with Gasteiger partial charge in [0.1, 0.15) is 0 Å². The van der Waals surface area contributed by atoms with Crippen molar-refractivity contribution in [1.82, 2.24) is 5.32 Å². The second kappa shape index (κ2) is 3.95. The van der Waals surface area contributed by atoms with E-state index in [9.17, 15) is 4.79 Å². The Morgan fingerprint density at radius 3 is 2.65 bits per heavy atom. The number of Topliss-reactive ketones (excluding diaryl/α,β-unsaturated/α-hetero) is 1. The van der Waals surface area contributed by atoms with Gasteiger partial charge in [-0.3, -0.25) is 4.79 Å². The number of carbonyl (C=O) groups is 1. The lowest BCUT2D eigenvalue weighted by Gasteiger charge is -2.19. The smallest absolute Gasteiger partial charge is 0.167 e. The Kier molecular flexibility index (Phi) is 2.55. The molecule has 17 heavy (non-hydrogen) atoms. The van der Waals surface area contributed by atoms with Gasteiger partial charge in [-0.25, -0.2) is 0 Å². The van der Waals surface area contributed by atoms with E-state index in [0.29, 0.717) is 17.9 Å². The van der Waals surface area contributed by atoms with Gasteiger partial charge in [0.15, 0.2) is 5.78 Å². The zero-order valence-electron chi connectivity index (χ0n) is 10.5. The minimum Gasteiger partial charge on any atom is -0.310 e. The summed E-state index contributed by atoms with van der Waals surface area (Å²) in [4.78, 5) is 12.5. The molecule has 2 fully saturated rings. The van der Waals surface area contributed by atoms with Gasteiger partial charge in [0.25, 0.3) is 0 Å². The summed E-state index contributed by atoms with van der Waals surface area (Å²) >= 11 is 0. The lowest BCUT2D eigenvalue weighted by atomic mass is 9.83. The largest absolute Gasteiger partial charge is 0.310 e. The van der Waals surface area contributed by atoms with Gasteiger partial charge in [-0.05, 0) is 50.3 Å². The van der Waals surface area contributed by atoms with Crippen LogP contribution in [-0.2, 0) is 0 Å². The van der Waals surface area contributed by atoms with Crippen molar-refractivity contribution in [3.63, 3.8) is 0 Å². The third kappa shape index (κ3) is 1.81. The molecule has 3 unspecified atom stereocenters. The van der Waals surface area contributed by atoms with Crippen LogP contribution in [0.2, 0.25) is 0 Å².